The fourth-order valence-corrected chi connectivity index (χ4v) is 0.879. The van der Waals surface area contributed by atoms with Crippen LogP contribution < -0.4 is 16.4 Å². The first-order valence-corrected chi connectivity index (χ1v) is 3.96. The Morgan fingerprint density at radius 1 is 1.43 bits per heavy atom. The second-order valence-corrected chi connectivity index (χ2v) is 2.62. The minimum Gasteiger partial charge on any atom is -0.465 e. The number of primary amides is 1. The molecule has 0 aromatic heterocycles. The van der Waals surface area contributed by atoms with Crippen LogP contribution in [0.4, 0.5) is 4.79 Å². The third-order valence-corrected chi connectivity index (χ3v) is 1.54. The fourth-order valence-electron chi connectivity index (χ4n) is 0.879. The molecule has 1 atom stereocenters. The Morgan fingerprint density at radius 3 is 2.36 bits per heavy atom. The number of nitrogens with one attached hydrogen (secondary N) is 2. The van der Waals surface area contributed by atoms with E-state index in [9.17, 15) is 14.4 Å². The molecule has 0 aliphatic heterocycles. The molecule has 0 fully saturated rings. The van der Waals surface area contributed by atoms with Crippen molar-refractivity contribution in [3.63, 3.8) is 0 Å². The summed E-state index contributed by atoms with van der Waals surface area (Å²) in [6, 6.07) is -0.940. The van der Waals surface area contributed by atoms with Crippen molar-refractivity contribution in [2.45, 2.75) is 18.9 Å². The molecule has 0 bridgehead atoms. The smallest absolute Gasteiger partial charge is 0.405 e. The standard InChI is InChI=1S/C7H13N3O4/c1-9-6(12)4(10-7(13)14)2-3-5(8)11/h4,10H,2-3H2,1H3,(H2,8,11)(H,9,12)(H,13,14)/t4-/m0/s1. The SMILES string of the molecule is CNC(=O)[C@H](CCC(N)=O)NC(=O)O. The second kappa shape index (κ2) is 5.79. The van der Waals surface area contributed by atoms with Crippen LogP contribution in [0.25, 0.3) is 0 Å². The van der Waals surface area contributed by atoms with Gasteiger partial charge in [0.25, 0.3) is 0 Å². The van der Waals surface area contributed by atoms with E-state index in [0.717, 1.165) is 0 Å². The molecule has 0 spiro atoms. The van der Waals surface area contributed by atoms with Crippen molar-refractivity contribution in [3.05, 3.63) is 0 Å². The Balaban J connectivity index is 4.17. The van der Waals surface area contributed by atoms with Crippen LogP contribution in [0.3, 0.4) is 0 Å². The van der Waals surface area contributed by atoms with Crippen molar-refractivity contribution in [2.24, 2.45) is 5.73 Å². The summed E-state index contributed by atoms with van der Waals surface area (Å²) in [4.78, 5) is 31.8. The molecule has 80 valence electrons. The lowest BCUT2D eigenvalue weighted by atomic mass is 10.1. The lowest BCUT2D eigenvalue weighted by molar-refractivity contribution is -0.123. The summed E-state index contributed by atoms with van der Waals surface area (Å²) in [7, 11) is 1.38. The zero-order chi connectivity index (χ0) is 11.1. The van der Waals surface area contributed by atoms with E-state index in [4.69, 9.17) is 10.8 Å². The molecule has 0 radical (unpaired) electrons. The molecular weight excluding hydrogens is 190 g/mol. The average molecular weight is 203 g/mol. The number of rotatable bonds is 5. The maximum atomic E-state index is 11.1. The molecule has 0 aliphatic rings. The molecule has 0 unspecified atom stereocenters. The normalized spacial score (nSPS) is 11.5. The predicted octanol–water partition coefficient (Wildman–Crippen LogP) is -1.37. The highest BCUT2D eigenvalue weighted by Crippen LogP contribution is 1.96. The predicted molar refractivity (Wildman–Crippen MR) is 47.4 cm³/mol. The first kappa shape index (κ1) is 12.2. The van der Waals surface area contributed by atoms with Crippen LogP contribution in [0.5, 0.6) is 0 Å². The average Bonchev–Trinajstić information content (AvgIpc) is 2.10. The number of carbonyl (C=O) groups excluding carboxylic acids is 2. The monoisotopic (exact) mass is 203 g/mol. The van der Waals surface area contributed by atoms with E-state index in [1.165, 1.54) is 7.05 Å². The van der Waals surface area contributed by atoms with Crippen LogP contribution in [0.15, 0.2) is 0 Å². The van der Waals surface area contributed by atoms with Crippen molar-refractivity contribution in [1.29, 1.82) is 0 Å². The van der Waals surface area contributed by atoms with Crippen LogP contribution in [0, 0.1) is 0 Å². The number of carboxylic acid groups (broad SMARTS) is 1. The van der Waals surface area contributed by atoms with Gasteiger partial charge in [-0.05, 0) is 6.42 Å². The zero-order valence-corrected chi connectivity index (χ0v) is 7.74. The summed E-state index contributed by atoms with van der Waals surface area (Å²) < 4.78 is 0. The summed E-state index contributed by atoms with van der Waals surface area (Å²) in [5, 5.41) is 12.6. The quantitative estimate of drug-likeness (QED) is 0.440. The zero-order valence-electron chi connectivity index (χ0n) is 7.74. The van der Waals surface area contributed by atoms with Gasteiger partial charge < -0.3 is 21.5 Å². The van der Waals surface area contributed by atoms with Crippen LogP contribution in [-0.4, -0.2) is 36.1 Å². The summed E-state index contributed by atoms with van der Waals surface area (Å²) in [6.07, 6.45) is -1.30. The second-order valence-electron chi connectivity index (χ2n) is 2.62. The van der Waals surface area contributed by atoms with Crippen molar-refractivity contribution < 1.29 is 19.5 Å². The molecule has 0 rings (SSSR count). The molecule has 0 aromatic carbocycles. The van der Waals surface area contributed by atoms with Gasteiger partial charge in [0.2, 0.25) is 11.8 Å². The Hall–Kier alpha value is -1.79. The van der Waals surface area contributed by atoms with Crippen molar-refractivity contribution in [1.82, 2.24) is 10.6 Å². The van der Waals surface area contributed by atoms with Gasteiger partial charge in [-0.1, -0.05) is 0 Å². The van der Waals surface area contributed by atoms with Gasteiger partial charge in [-0.3, -0.25) is 9.59 Å². The van der Waals surface area contributed by atoms with Gasteiger partial charge in [0.15, 0.2) is 0 Å². The van der Waals surface area contributed by atoms with Crippen LogP contribution in [0.1, 0.15) is 12.8 Å². The first-order valence-electron chi connectivity index (χ1n) is 3.96. The third kappa shape index (κ3) is 4.96. The van der Waals surface area contributed by atoms with E-state index < -0.39 is 23.9 Å². The number of likely N-dealkylation sites (N-methyl/N-ethyl adjacent to an activating group) is 1. The van der Waals surface area contributed by atoms with E-state index in [1.54, 1.807) is 0 Å². The highest BCUT2D eigenvalue weighted by molar-refractivity contribution is 5.85. The number of hydrogen-bond acceptors (Lipinski definition) is 3. The van der Waals surface area contributed by atoms with E-state index in [-0.39, 0.29) is 12.8 Å². The summed E-state index contributed by atoms with van der Waals surface area (Å²) in [5.74, 6) is -1.07. The van der Waals surface area contributed by atoms with E-state index in [2.05, 4.69) is 5.32 Å². The fraction of sp³-hybridized carbons (Fsp3) is 0.571. The topological polar surface area (TPSA) is 122 Å². The van der Waals surface area contributed by atoms with Gasteiger partial charge in [0.05, 0.1) is 0 Å². The van der Waals surface area contributed by atoms with E-state index >= 15 is 0 Å². The van der Waals surface area contributed by atoms with E-state index in [0.29, 0.717) is 0 Å². The van der Waals surface area contributed by atoms with Crippen LogP contribution in [0.2, 0.25) is 0 Å². The molecule has 7 heteroatoms. The Labute approximate surface area is 80.6 Å². The maximum Gasteiger partial charge on any atom is 0.405 e. The summed E-state index contributed by atoms with van der Waals surface area (Å²) in [5.41, 5.74) is 4.87. The Morgan fingerprint density at radius 2 is 2.00 bits per heavy atom. The molecule has 0 saturated carbocycles. The molecule has 7 nitrogen and oxygen atoms in total. The number of amides is 3. The molecule has 5 N–H and O–H groups in total. The molecule has 0 aliphatic carbocycles. The van der Waals surface area contributed by atoms with Crippen molar-refractivity contribution in [2.75, 3.05) is 7.05 Å². The molecule has 0 aromatic rings. The Kier molecular flexibility index (Phi) is 5.05. The number of hydrogen-bond donors (Lipinski definition) is 4. The van der Waals surface area contributed by atoms with Gasteiger partial charge >= 0.3 is 6.09 Å². The summed E-state index contributed by atoms with van der Waals surface area (Å²) >= 11 is 0. The van der Waals surface area contributed by atoms with Gasteiger partial charge in [-0.15, -0.1) is 0 Å². The largest absolute Gasteiger partial charge is 0.465 e. The minimum atomic E-state index is -1.32. The van der Waals surface area contributed by atoms with Gasteiger partial charge in [-0.2, -0.15) is 0 Å². The third-order valence-electron chi connectivity index (χ3n) is 1.54. The van der Waals surface area contributed by atoms with Crippen molar-refractivity contribution >= 4 is 17.9 Å². The first-order chi connectivity index (χ1) is 6.47. The van der Waals surface area contributed by atoms with Gasteiger partial charge in [0.1, 0.15) is 6.04 Å². The molecule has 14 heavy (non-hydrogen) atoms. The summed E-state index contributed by atoms with van der Waals surface area (Å²) in [6.45, 7) is 0. The van der Waals surface area contributed by atoms with Crippen molar-refractivity contribution in [3.8, 4) is 0 Å². The molecule has 3 amide bonds. The molecular formula is C7H13N3O4. The highest BCUT2D eigenvalue weighted by Gasteiger charge is 2.19. The molecule has 0 saturated heterocycles. The van der Waals surface area contributed by atoms with Gasteiger partial charge in [0, 0.05) is 13.5 Å². The van der Waals surface area contributed by atoms with Gasteiger partial charge in [-0.25, -0.2) is 4.79 Å². The van der Waals surface area contributed by atoms with Crippen LogP contribution >= 0.6 is 0 Å². The van der Waals surface area contributed by atoms with Crippen LogP contribution in [-0.2, 0) is 9.59 Å². The lowest BCUT2D eigenvalue weighted by Crippen LogP contribution is -2.45. The number of carbonyl (C=O) groups is 3. The number of nitrogens with two attached hydrogens (primary N) is 1. The maximum absolute atomic E-state index is 11.1. The minimum absolute atomic E-state index is 0.0433. The lowest BCUT2D eigenvalue weighted by Gasteiger charge is -2.13. The molecule has 0 heterocycles. The van der Waals surface area contributed by atoms with E-state index in [1.807, 2.05) is 5.32 Å². The Bertz CT molecular complexity index is 241. The highest BCUT2D eigenvalue weighted by atomic mass is 16.4.